The highest BCUT2D eigenvalue weighted by Crippen LogP contribution is 2.27. The van der Waals surface area contributed by atoms with Gasteiger partial charge in [-0.2, -0.15) is 0 Å². The van der Waals surface area contributed by atoms with E-state index in [1.165, 1.54) is 0 Å². The molecule has 2 aromatic carbocycles. The molecule has 0 atom stereocenters. The molecule has 0 radical (unpaired) electrons. The number of halogens is 1. The average molecular weight is 393 g/mol. The smallest absolute Gasteiger partial charge is 0.343 e. The molecule has 0 bridgehead atoms. The zero-order valence-corrected chi connectivity index (χ0v) is 15.0. The predicted octanol–water partition coefficient (Wildman–Crippen LogP) is 4.24. The van der Waals surface area contributed by atoms with Crippen LogP contribution in [0.4, 0.5) is 0 Å². The van der Waals surface area contributed by atoms with Crippen LogP contribution in [0.25, 0.3) is 0 Å². The second-order valence-electron chi connectivity index (χ2n) is 4.68. The summed E-state index contributed by atoms with van der Waals surface area (Å²) in [4.78, 5) is 24.2. The fourth-order valence-electron chi connectivity index (χ4n) is 1.99. The van der Waals surface area contributed by atoms with E-state index in [2.05, 4.69) is 15.9 Å². The van der Waals surface area contributed by atoms with Crippen LogP contribution in [0.5, 0.6) is 11.5 Å². The molecule has 0 N–H and O–H groups in total. The van der Waals surface area contributed by atoms with Crippen molar-refractivity contribution in [1.82, 2.24) is 0 Å². The zero-order valence-electron chi connectivity index (χ0n) is 13.4. The number of ether oxygens (including phenoxy) is 3. The Morgan fingerprint density at radius 2 is 1.71 bits per heavy atom. The second-order valence-corrected chi connectivity index (χ2v) is 5.54. The minimum Gasteiger partial charge on any atom is -0.493 e. The van der Waals surface area contributed by atoms with Crippen molar-refractivity contribution in [2.45, 2.75) is 13.8 Å². The maximum Gasteiger partial charge on any atom is 0.343 e. The van der Waals surface area contributed by atoms with Gasteiger partial charge in [-0.05, 0) is 60.1 Å². The van der Waals surface area contributed by atoms with Gasteiger partial charge in [-0.3, -0.25) is 0 Å². The first-order valence-electron chi connectivity index (χ1n) is 7.47. The van der Waals surface area contributed by atoms with Gasteiger partial charge < -0.3 is 14.2 Å². The molecule has 0 unspecified atom stereocenters. The number of benzene rings is 2. The molecule has 0 aromatic heterocycles. The molecular formula is C18H17BrO5. The van der Waals surface area contributed by atoms with Crippen LogP contribution in [0.2, 0.25) is 0 Å². The first-order chi connectivity index (χ1) is 11.6. The minimum absolute atomic E-state index is 0.158. The largest absolute Gasteiger partial charge is 0.493 e. The fourth-order valence-corrected chi connectivity index (χ4v) is 2.49. The molecule has 0 aliphatic rings. The summed E-state index contributed by atoms with van der Waals surface area (Å²) in [6.45, 7) is 4.35. The third kappa shape index (κ3) is 4.35. The maximum atomic E-state index is 12.3. The number of carbonyl (C=O) groups excluding carboxylic acids is 2. The first-order valence-corrected chi connectivity index (χ1v) is 8.26. The molecule has 126 valence electrons. The molecular weight excluding hydrogens is 376 g/mol. The third-order valence-corrected chi connectivity index (χ3v) is 3.67. The van der Waals surface area contributed by atoms with E-state index in [1.54, 1.807) is 49.4 Å². The molecule has 0 amide bonds. The Morgan fingerprint density at radius 1 is 0.958 bits per heavy atom. The van der Waals surface area contributed by atoms with Crippen molar-refractivity contribution in [2.24, 2.45) is 0 Å². The molecule has 0 saturated heterocycles. The van der Waals surface area contributed by atoms with Crippen molar-refractivity contribution in [3.63, 3.8) is 0 Å². The van der Waals surface area contributed by atoms with E-state index in [1.807, 2.05) is 6.92 Å². The van der Waals surface area contributed by atoms with Gasteiger partial charge in [-0.15, -0.1) is 0 Å². The van der Waals surface area contributed by atoms with Gasteiger partial charge >= 0.3 is 11.9 Å². The maximum absolute atomic E-state index is 12.3. The van der Waals surface area contributed by atoms with Crippen LogP contribution in [0.15, 0.2) is 46.9 Å². The van der Waals surface area contributed by atoms with E-state index in [4.69, 9.17) is 14.2 Å². The fraction of sp³-hybridized carbons (Fsp3) is 0.222. The Hall–Kier alpha value is -2.34. The standard InChI is InChI=1S/C18H17BrO5/c1-3-22-16-10-9-12(11-14(16)19)17(20)24-15-8-6-5-7-13(15)18(21)23-4-2/h5-11H,3-4H2,1-2H3. The van der Waals surface area contributed by atoms with Crippen LogP contribution in [0.3, 0.4) is 0 Å². The number of para-hydroxylation sites is 1. The van der Waals surface area contributed by atoms with Crippen LogP contribution in [0, 0.1) is 0 Å². The predicted molar refractivity (Wildman–Crippen MR) is 92.7 cm³/mol. The molecule has 0 aliphatic heterocycles. The molecule has 24 heavy (non-hydrogen) atoms. The average Bonchev–Trinajstić information content (AvgIpc) is 2.57. The lowest BCUT2D eigenvalue weighted by Crippen LogP contribution is -2.13. The van der Waals surface area contributed by atoms with E-state index < -0.39 is 11.9 Å². The number of hydrogen-bond acceptors (Lipinski definition) is 5. The normalized spacial score (nSPS) is 10.1. The number of hydrogen-bond donors (Lipinski definition) is 0. The van der Waals surface area contributed by atoms with Gasteiger partial charge in [0.15, 0.2) is 0 Å². The molecule has 0 spiro atoms. The summed E-state index contributed by atoms with van der Waals surface area (Å²) in [7, 11) is 0. The molecule has 0 heterocycles. The third-order valence-electron chi connectivity index (χ3n) is 3.05. The summed E-state index contributed by atoms with van der Waals surface area (Å²) in [6, 6.07) is 11.4. The summed E-state index contributed by atoms with van der Waals surface area (Å²) in [5.74, 6) is -0.309. The summed E-state index contributed by atoms with van der Waals surface area (Å²) in [5, 5.41) is 0. The van der Waals surface area contributed by atoms with E-state index in [9.17, 15) is 9.59 Å². The van der Waals surface area contributed by atoms with Crippen molar-refractivity contribution < 1.29 is 23.8 Å². The van der Waals surface area contributed by atoms with Crippen molar-refractivity contribution in [2.75, 3.05) is 13.2 Å². The monoisotopic (exact) mass is 392 g/mol. The highest BCUT2D eigenvalue weighted by Gasteiger charge is 2.17. The summed E-state index contributed by atoms with van der Waals surface area (Å²) in [6.07, 6.45) is 0. The topological polar surface area (TPSA) is 61.8 Å². The molecule has 5 nitrogen and oxygen atoms in total. The van der Waals surface area contributed by atoms with Crippen LogP contribution < -0.4 is 9.47 Å². The summed E-state index contributed by atoms with van der Waals surface area (Å²) in [5.41, 5.74) is 0.543. The Labute approximate surface area is 148 Å². The van der Waals surface area contributed by atoms with E-state index >= 15 is 0 Å². The molecule has 2 aromatic rings. The SMILES string of the molecule is CCOC(=O)c1ccccc1OC(=O)c1ccc(OCC)c(Br)c1. The lowest BCUT2D eigenvalue weighted by Gasteiger charge is -2.10. The zero-order chi connectivity index (χ0) is 17.5. The van der Waals surface area contributed by atoms with Gasteiger partial charge in [0, 0.05) is 0 Å². The second kappa shape index (κ2) is 8.49. The molecule has 6 heteroatoms. The van der Waals surface area contributed by atoms with Crippen molar-refractivity contribution in [1.29, 1.82) is 0 Å². The van der Waals surface area contributed by atoms with Crippen molar-refractivity contribution in [3.8, 4) is 11.5 Å². The molecule has 0 fully saturated rings. The molecule has 0 saturated carbocycles. The van der Waals surface area contributed by atoms with E-state index in [0.717, 1.165) is 0 Å². The van der Waals surface area contributed by atoms with Gasteiger partial charge in [0.25, 0.3) is 0 Å². The minimum atomic E-state index is -0.574. The lowest BCUT2D eigenvalue weighted by atomic mass is 10.2. The van der Waals surface area contributed by atoms with Gasteiger partial charge in [0.05, 0.1) is 23.2 Å². The number of esters is 2. The van der Waals surface area contributed by atoms with Gasteiger partial charge in [0.1, 0.15) is 17.1 Å². The highest BCUT2D eigenvalue weighted by atomic mass is 79.9. The van der Waals surface area contributed by atoms with E-state index in [0.29, 0.717) is 22.4 Å². The van der Waals surface area contributed by atoms with Crippen LogP contribution in [0.1, 0.15) is 34.6 Å². The van der Waals surface area contributed by atoms with Gasteiger partial charge in [0.2, 0.25) is 0 Å². The van der Waals surface area contributed by atoms with Gasteiger partial charge in [-0.1, -0.05) is 12.1 Å². The Kier molecular flexibility index (Phi) is 6.37. The number of rotatable bonds is 6. The van der Waals surface area contributed by atoms with Crippen molar-refractivity contribution in [3.05, 3.63) is 58.1 Å². The Bertz CT molecular complexity index is 742. The molecule has 0 aliphatic carbocycles. The van der Waals surface area contributed by atoms with Crippen LogP contribution in [-0.2, 0) is 4.74 Å². The quantitative estimate of drug-likeness (QED) is 0.543. The van der Waals surface area contributed by atoms with Crippen molar-refractivity contribution >= 4 is 27.9 Å². The summed E-state index contributed by atoms with van der Waals surface area (Å²) < 4.78 is 16.4. The Morgan fingerprint density at radius 3 is 2.38 bits per heavy atom. The van der Waals surface area contributed by atoms with Crippen LogP contribution in [-0.4, -0.2) is 25.2 Å². The Balaban J connectivity index is 2.21. The van der Waals surface area contributed by atoms with Crippen LogP contribution >= 0.6 is 15.9 Å². The molecule has 2 rings (SSSR count). The lowest BCUT2D eigenvalue weighted by molar-refractivity contribution is 0.0520. The first kappa shape index (κ1) is 18.0. The van der Waals surface area contributed by atoms with Gasteiger partial charge in [-0.25, -0.2) is 9.59 Å². The highest BCUT2D eigenvalue weighted by molar-refractivity contribution is 9.10. The summed E-state index contributed by atoms with van der Waals surface area (Å²) >= 11 is 3.35. The van der Waals surface area contributed by atoms with E-state index in [-0.39, 0.29) is 17.9 Å². The number of carbonyl (C=O) groups is 2.